The molecule has 0 atom stereocenters. The molecule has 0 unspecified atom stereocenters. The molecule has 7 nitrogen and oxygen atoms in total. The predicted octanol–water partition coefficient (Wildman–Crippen LogP) is 5.34. The normalized spacial score (nSPS) is 11.2. The number of aryl methyl sites for hydroxylation is 2. The lowest BCUT2D eigenvalue weighted by Gasteiger charge is -2.11. The summed E-state index contributed by atoms with van der Waals surface area (Å²) in [6.45, 7) is 3.58. The van der Waals surface area contributed by atoms with Crippen molar-refractivity contribution in [3.05, 3.63) is 75.5 Å². The topological polar surface area (TPSA) is 89.6 Å². The second kappa shape index (κ2) is 9.38. The summed E-state index contributed by atoms with van der Waals surface area (Å²) in [6.07, 6.45) is 2.96. The number of fused-ring (bicyclic) bond motifs is 1. The van der Waals surface area contributed by atoms with Crippen LogP contribution in [0.4, 0.5) is 0 Å². The molecule has 1 amide bonds. The van der Waals surface area contributed by atoms with Crippen molar-refractivity contribution in [2.24, 2.45) is 5.10 Å². The maximum absolute atomic E-state index is 12.2. The van der Waals surface area contributed by atoms with Crippen LogP contribution in [0.3, 0.4) is 0 Å². The van der Waals surface area contributed by atoms with Crippen molar-refractivity contribution in [1.29, 1.82) is 0 Å². The predicted molar refractivity (Wildman–Crippen MR) is 124 cm³/mol. The van der Waals surface area contributed by atoms with Gasteiger partial charge in [-0.25, -0.2) is 10.4 Å². The average molecular weight is 469 g/mol. The second-order valence-electron chi connectivity index (χ2n) is 7.12. The van der Waals surface area contributed by atoms with Crippen LogP contribution < -0.4 is 10.2 Å². The van der Waals surface area contributed by atoms with Gasteiger partial charge in [-0.05, 0) is 49.7 Å². The lowest BCUT2D eigenvalue weighted by Crippen LogP contribution is -2.24. The molecule has 162 valence electrons. The number of rotatable bonds is 6. The van der Waals surface area contributed by atoms with Crippen molar-refractivity contribution < 1.29 is 14.1 Å². The van der Waals surface area contributed by atoms with Gasteiger partial charge in [-0.2, -0.15) is 5.10 Å². The summed E-state index contributed by atoms with van der Waals surface area (Å²) in [4.78, 5) is 16.6. The highest BCUT2D eigenvalue weighted by molar-refractivity contribution is 6.32. The number of aromatic nitrogens is 2. The Morgan fingerprint density at radius 1 is 1.19 bits per heavy atom. The summed E-state index contributed by atoms with van der Waals surface area (Å²) < 4.78 is 10.9. The van der Waals surface area contributed by atoms with E-state index in [9.17, 15) is 4.79 Å². The smallest absolute Gasteiger partial charge is 0.277 e. The number of benzene rings is 2. The number of hydrazone groups is 1. The Morgan fingerprint density at radius 2 is 2.03 bits per heavy atom. The van der Waals surface area contributed by atoms with Gasteiger partial charge >= 0.3 is 0 Å². The van der Waals surface area contributed by atoms with Gasteiger partial charge < -0.3 is 9.26 Å². The molecule has 0 aliphatic carbocycles. The van der Waals surface area contributed by atoms with E-state index in [1.807, 2.05) is 38.1 Å². The zero-order valence-electron chi connectivity index (χ0n) is 17.2. The Bertz CT molecular complexity index is 1320. The van der Waals surface area contributed by atoms with Gasteiger partial charge in [-0.3, -0.25) is 4.79 Å². The van der Waals surface area contributed by atoms with Crippen LogP contribution in [0.5, 0.6) is 5.75 Å². The van der Waals surface area contributed by atoms with E-state index in [-0.39, 0.29) is 6.61 Å². The van der Waals surface area contributed by atoms with E-state index in [1.54, 1.807) is 18.2 Å². The molecule has 4 aromatic rings. The largest absolute Gasteiger partial charge is 0.483 e. The van der Waals surface area contributed by atoms with Gasteiger partial charge in [0, 0.05) is 22.0 Å². The zero-order valence-corrected chi connectivity index (χ0v) is 18.7. The van der Waals surface area contributed by atoms with Crippen molar-refractivity contribution in [1.82, 2.24) is 15.6 Å². The molecule has 0 spiro atoms. The van der Waals surface area contributed by atoms with Gasteiger partial charge in [0.2, 0.25) is 0 Å². The first kappa shape index (κ1) is 21.8. The number of pyridine rings is 1. The zero-order chi connectivity index (χ0) is 22.7. The van der Waals surface area contributed by atoms with Crippen LogP contribution in [0.1, 0.15) is 16.7 Å². The SMILES string of the molecule is Cc1ccc2nc(Cl)c(/C=N/NC(=O)COc3cc(C)c(Cl)cc3-c3ccno3)cc2c1. The van der Waals surface area contributed by atoms with Gasteiger partial charge in [0.15, 0.2) is 12.4 Å². The summed E-state index contributed by atoms with van der Waals surface area (Å²) >= 11 is 12.4. The molecule has 0 aliphatic rings. The second-order valence-corrected chi connectivity index (χ2v) is 7.89. The highest BCUT2D eigenvalue weighted by atomic mass is 35.5. The summed E-state index contributed by atoms with van der Waals surface area (Å²) in [5.74, 6) is 0.479. The molecule has 0 saturated carbocycles. The lowest BCUT2D eigenvalue weighted by atomic mass is 10.1. The maximum atomic E-state index is 12.2. The first-order valence-electron chi connectivity index (χ1n) is 9.63. The average Bonchev–Trinajstić information content (AvgIpc) is 3.29. The summed E-state index contributed by atoms with van der Waals surface area (Å²) in [6, 6.07) is 12.9. The summed E-state index contributed by atoms with van der Waals surface area (Å²) in [5.41, 5.74) is 6.31. The molecule has 2 aromatic heterocycles. The van der Waals surface area contributed by atoms with Crippen LogP contribution in [0.25, 0.3) is 22.2 Å². The Balaban J connectivity index is 1.43. The Hall–Kier alpha value is -3.42. The van der Waals surface area contributed by atoms with Crippen LogP contribution >= 0.6 is 23.2 Å². The van der Waals surface area contributed by atoms with Crippen LogP contribution in [0.2, 0.25) is 10.2 Å². The number of hydrogen-bond donors (Lipinski definition) is 1. The quantitative estimate of drug-likeness (QED) is 0.234. The number of nitrogens with one attached hydrogen (secondary N) is 1. The molecular formula is C23H18Cl2N4O3. The number of carbonyl (C=O) groups excluding carboxylic acids is 1. The highest BCUT2D eigenvalue weighted by Gasteiger charge is 2.14. The molecule has 2 heterocycles. The number of ether oxygens (including phenoxy) is 1. The van der Waals surface area contributed by atoms with Crippen molar-refractivity contribution in [3.63, 3.8) is 0 Å². The summed E-state index contributed by atoms with van der Waals surface area (Å²) in [7, 11) is 0. The molecule has 0 radical (unpaired) electrons. The minimum Gasteiger partial charge on any atom is -0.483 e. The number of halogens is 2. The fourth-order valence-corrected chi connectivity index (χ4v) is 3.41. The number of nitrogens with zero attached hydrogens (tertiary/aromatic N) is 3. The van der Waals surface area contributed by atoms with E-state index in [0.717, 1.165) is 22.0 Å². The van der Waals surface area contributed by atoms with Crippen LogP contribution in [-0.4, -0.2) is 28.9 Å². The third-order valence-corrected chi connectivity index (χ3v) is 5.38. The molecule has 9 heteroatoms. The number of amides is 1. The van der Waals surface area contributed by atoms with Crippen molar-refractivity contribution in [2.45, 2.75) is 13.8 Å². The molecule has 1 N–H and O–H groups in total. The van der Waals surface area contributed by atoms with Crippen molar-refractivity contribution in [2.75, 3.05) is 6.61 Å². The minimum atomic E-state index is -0.446. The molecule has 0 aliphatic heterocycles. The van der Waals surface area contributed by atoms with E-state index in [1.165, 1.54) is 12.4 Å². The lowest BCUT2D eigenvalue weighted by molar-refractivity contribution is -0.123. The van der Waals surface area contributed by atoms with E-state index in [4.69, 9.17) is 32.5 Å². The standard InChI is InChI=1S/C23H18Cl2N4O3/c1-13-3-4-19-15(7-13)9-16(23(25)28-19)11-26-29-22(30)12-31-21-8-14(2)18(24)10-17(21)20-5-6-27-32-20/h3-11H,12H2,1-2H3,(H,29,30)/b26-11+. The maximum Gasteiger partial charge on any atom is 0.277 e. The first-order chi connectivity index (χ1) is 15.4. The third-order valence-electron chi connectivity index (χ3n) is 4.67. The summed E-state index contributed by atoms with van der Waals surface area (Å²) in [5, 5.41) is 9.45. The Labute approximate surface area is 194 Å². The molecule has 0 fully saturated rings. The Kier molecular flexibility index (Phi) is 6.39. The van der Waals surface area contributed by atoms with Gasteiger partial charge in [0.1, 0.15) is 10.9 Å². The van der Waals surface area contributed by atoms with E-state index >= 15 is 0 Å². The van der Waals surface area contributed by atoms with E-state index < -0.39 is 5.91 Å². The fourth-order valence-electron chi connectivity index (χ4n) is 3.05. The Morgan fingerprint density at radius 3 is 2.81 bits per heavy atom. The fraction of sp³-hybridized carbons (Fsp3) is 0.130. The molecule has 32 heavy (non-hydrogen) atoms. The van der Waals surface area contributed by atoms with Gasteiger partial charge in [0.25, 0.3) is 5.91 Å². The van der Waals surface area contributed by atoms with Gasteiger partial charge in [-0.15, -0.1) is 0 Å². The minimum absolute atomic E-state index is 0.261. The molecular weight excluding hydrogens is 451 g/mol. The van der Waals surface area contributed by atoms with Gasteiger partial charge in [-0.1, -0.05) is 40.0 Å². The van der Waals surface area contributed by atoms with Gasteiger partial charge in [0.05, 0.1) is 23.5 Å². The third kappa shape index (κ3) is 4.90. The molecule has 0 bridgehead atoms. The number of carbonyl (C=O) groups is 1. The molecule has 0 saturated heterocycles. The van der Waals surface area contributed by atoms with Crippen molar-refractivity contribution in [3.8, 4) is 17.1 Å². The van der Waals surface area contributed by atoms with E-state index in [0.29, 0.717) is 32.8 Å². The van der Waals surface area contributed by atoms with Crippen molar-refractivity contribution >= 4 is 46.2 Å². The van der Waals surface area contributed by atoms with E-state index in [2.05, 4.69) is 20.7 Å². The molecule has 4 rings (SSSR count). The van der Waals surface area contributed by atoms with Crippen LogP contribution in [0, 0.1) is 13.8 Å². The van der Waals surface area contributed by atoms with Crippen LogP contribution in [0.15, 0.2) is 58.3 Å². The first-order valence-corrected chi connectivity index (χ1v) is 10.4. The molecule has 2 aromatic carbocycles. The monoisotopic (exact) mass is 468 g/mol. The van der Waals surface area contributed by atoms with Crippen LogP contribution in [-0.2, 0) is 4.79 Å². The number of hydrogen-bond acceptors (Lipinski definition) is 6. The highest BCUT2D eigenvalue weighted by Crippen LogP contribution is 2.34.